The largest absolute Gasteiger partial charge is 0.325 e. The van der Waals surface area contributed by atoms with Crippen molar-refractivity contribution >= 4 is 11.6 Å². The van der Waals surface area contributed by atoms with E-state index in [1.165, 1.54) is 12.8 Å². The van der Waals surface area contributed by atoms with Crippen LogP contribution in [0.25, 0.3) is 22.8 Å². The maximum atomic E-state index is 6.16. The molecule has 0 atom stereocenters. The van der Waals surface area contributed by atoms with Crippen LogP contribution in [0.4, 0.5) is 0 Å². The van der Waals surface area contributed by atoms with Gasteiger partial charge in [0.2, 0.25) is 0 Å². The molecule has 0 bridgehead atoms. The van der Waals surface area contributed by atoms with Crippen LogP contribution in [0.2, 0.25) is 5.15 Å². The van der Waals surface area contributed by atoms with Crippen molar-refractivity contribution in [1.29, 1.82) is 0 Å². The van der Waals surface area contributed by atoms with Crippen molar-refractivity contribution in [2.45, 2.75) is 18.9 Å². The number of hydrogen-bond donors (Lipinski definition) is 0. The monoisotopic (exact) mass is 300 g/mol. The van der Waals surface area contributed by atoms with Gasteiger partial charge < -0.3 is 4.57 Å². The zero-order valence-electron chi connectivity index (χ0n) is 11.4. The highest BCUT2D eigenvalue weighted by atomic mass is 35.5. The molecule has 3 aromatic rings. The molecule has 6 nitrogen and oxygen atoms in total. The van der Waals surface area contributed by atoms with Crippen LogP contribution in [0.15, 0.2) is 31.0 Å². The molecule has 0 saturated heterocycles. The van der Waals surface area contributed by atoms with Gasteiger partial charge in [-0.1, -0.05) is 11.6 Å². The van der Waals surface area contributed by atoms with Crippen molar-refractivity contribution in [2.75, 3.05) is 0 Å². The molecule has 0 unspecified atom stereocenters. The summed E-state index contributed by atoms with van der Waals surface area (Å²) in [6.07, 6.45) is 9.65. The topological polar surface area (TPSA) is 61.4 Å². The van der Waals surface area contributed by atoms with Gasteiger partial charge in [-0.05, 0) is 12.8 Å². The predicted octanol–water partition coefficient (Wildman–Crippen LogP) is 2.73. The lowest BCUT2D eigenvalue weighted by atomic mass is 10.2. The molecule has 1 fully saturated rings. The minimum absolute atomic E-state index is 0.419. The first-order valence-corrected chi connectivity index (χ1v) is 7.14. The van der Waals surface area contributed by atoms with Gasteiger partial charge >= 0.3 is 0 Å². The highest BCUT2D eigenvalue weighted by Crippen LogP contribution is 2.38. The van der Waals surface area contributed by atoms with Crippen LogP contribution in [-0.4, -0.2) is 29.3 Å². The molecule has 0 radical (unpaired) electrons. The van der Waals surface area contributed by atoms with E-state index in [2.05, 4.69) is 24.6 Å². The normalized spacial score (nSPS) is 14.6. The van der Waals surface area contributed by atoms with Crippen molar-refractivity contribution < 1.29 is 0 Å². The lowest BCUT2D eigenvalue weighted by Gasteiger charge is -2.07. The number of nitrogens with zero attached hydrogens (tertiary/aromatic N) is 6. The Morgan fingerprint density at radius 3 is 2.81 bits per heavy atom. The number of aromatic nitrogens is 6. The first kappa shape index (κ1) is 12.5. The van der Waals surface area contributed by atoms with Gasteiger partial charge in [0.05, 0.1) is 24.4 Å². The van der Waals surface area contributed by atoms with E-state index in [4.69, 9.17) is 11.6 Å². The van der Waals surface area contributed by atoms with Gasteiger partial charge in [-0.3, -0.25) is 4.68 Å². The number of aryl methyl sites for hydroxylation is 1. The summed E-state index contributed by atoms with van der Waals surface area (Å²) in [6, 6.07) is 2.27. The van der Waals surface area contributed by atoms with E-state index in [1.807, 2.05) is 19.6 Å². The molecule has 1 saturated carbocycles. The molecule has 1 aliphatic carbocycles. The van der Waals surface area contributed by atoms with Gasteiger partial charge in [-0.2, -0.15) is 5.10 Å². The minimum Gasteiger partial charge on any atom is -0.325 e. The molecule has 3 aromatic heterocycles. The Labute approximate surface area is 126 Å². The standard InChI is InChI=1S/C14H13ClN6/c1-20-7-9(5-17-20)11-4-13(15)19-14(18-11)12-6-16-8-21(12)10-2-3-10/h4-8,10H,2-3H2,1H3. The van der Waals surface area contributed by atoms with Crippen LogP contribution < -0.4 is 0 Å². The van der Waals surface area contributed by atoms with Crippen molar-refractivity contribution in [3.05, 3.63) is 36.1 Å². The fraction of sp³-hybridized carbons (Fsp3) is 0.286. The molecule has 0 amide bonds. The summed E-state index contributed by atoms with van der Waals surface area (Å²) in [6.45, 7) is 0. The summed E-state index contributed by atoms with van der Waals surface area (Å²) in [7, 11) is 1.87. The maximum absolute atomic E-state index is 6.16. The van der Waals surface area contributed by atoms with Crippen molar-refractivity contribution in [3.8, 4) is 22.8 Å². The summed E-state index contributed by atoms with van der Waals surface area (Å²) in [4.78, 5) is 13.2. The molecule has 4 rings (SSSR count). The van der Waals surface area contributed by atoms with Crippen LogP contribution in [0, 0.1) is 0 Å². The highest BCUT2D eigenvalue weighted by molar-refractivity contribution is 6.29. The Morgan fingerprint density at radius 1 is 1.24 bits per heavy atom. The van der Waals surface area contributed by atoms with E-state index in [1.54, 1.807) is 23.1 Å². The SMILES string of the molecule is Cn1cc(-c2cc(Cl)nc(-c3cncn3C3CC3)n2)cn1. The molecule has 3 heterocycles. The van der Waals surface area contributed by atoms with E-state index in [9.17, 15) is 0 Å². The van der Waals surface area contributed by atoms with Gasteiger partial charge in [0, 0.05) is 30.9 Å². The number of rotatable bonds is 3. The number of halogens is 1. The average Bonchev–Trinajstić information content (AvgIpc) is 3.02. The van der Waals surface area contributed by atoms with Gasteiger partial charge in [-0.25, -0.2) is 15.0 Å². The second kappa shape index (κ2) is 4.66. The highest BCUT2D eigenvalue weighted by Gasteiger charge is 2.26. The van der Waals surface area contributed by atoms with E-state index in [-0.39, 0.29) is 0 Å². The van der Waals surface area contributed by atoms with Crippen molar-refractivity contribution in [3.63, 3.8) is 0 Å². The van der Waals surface area contributed by atoms with Crippen molar-refractivity contribution in [1.82, 2.24) is 29.3 Å². The lowest BCUT2D eigenvalue weighted by Crippen LogP contribution is -1.99. The number of hydrogen-bond acceptors (Lipinski definition) is 4. The number of imidazole rings is 1. The maximum Gasteiger partial charge on any atom is 0.179 e. The smallest absolute Gasteiger partial charge is 0.179 e. The fourth-order valence-corrected chi connectivity index (χ4v) is 2.54. The third-order valence-electron chi connectivity index (χ3n) is 3.53. The third kappa shape index (κ3) is 2.31. The minimum atomic E-state index is 0.419. The summed E-state index contributed by atoms with van der Waals surface area (Å²) in [5.74, 6) is 0.603. The van der Waals surface area contributed by atoms with E-state index < -0.39 is 0 Å². The van der Waals surface area contributed by atoms with Gasteiger partial charge in [-0.15, -0.1) is 0 Å². The Morgan fingerprint density at radius 2 is 2.10 bits per heavy atom. The summed E-state index contributed by atoms with van der Waals surface area (Å²) >= 11 is 6.16. The quantitative estimate of drug-likeness (QED) is 0.698. The van der Waals surface area contributed by atoms with Crippen LogP contribution in [0.3, 0.4) is 0 Å². The molecular formula is C14H13ClN6. The van der Waals surface area contributed by atoms with Crippen LogP contribution in [0.5, 0.6) is 0 Å². The Hall–Kier alpha value is -2.21. The van der Waals surface area contributed by atoms with Gasteiger partial charge in [0.25, 0.3) is 0 Å². The third-order valence-corrected chi connectivity index (χ3v) is 3.72. The Kier molecular flexibility index (Phi) is 2.78. The second-order valence-electron chi connectivity index (χ2n) is 5.22. The molecule has 21 heavy (non-hydrogen) atoms. The Bertz CT molecular complexity index is 801. The van der Waals surface area contributed by atoms with Crippen LogP contribution in [0.1, 0.15) is 18.9 Å². The van der Waals surface area contributed by atoms with Gasteiger partial charge in [0.15, 0.2) is 5.82 Å². The molecule has 7 heteroatoms. The molecule has 0 N–H and O–H groups in total. The summed E-state index contributed by atoms with van der Waals surface area (Å²) in [5.41, 5.74) is 2.59. The molecular weight excluding hydrogens is 288 g/mol. The Balaban J connectivity index is 1.82. The fourth-order valence-electron chi connectivity index (χ4n) is 2.36. The van der Waals surface area contributed by atoms with E-state index >= 15 is 0 Å². The average molecular weight is 301 g/mol. The molecule has 106 valence electrons. The van der Waals surface area contributed by atoms with E-state index in [0.29, 0.717) is 17.0 Å². The van der Waals surface area contributed by atoms with Crippen LogP contribution >= 0.6 is 11.6 Å². The predicted molar refractivity (Wildman–Crippen MR) is 78.7 cm³/mol. The molecule has 0 aromatic carbocycles. The molecule has 0 aliphatic heterocycles. The molecule has 1 aliphatic rings. The molecule has 0 spiro atoms. The second-order valence-corrected chi connectivity index (χ2v) is 5.61. The first-order chi connectivity index (χ1) is 10.2. The first-order valence-electron chi connectivity index (χ1n) is 6.76. The van der Waals surface area contributed by atoms with Crippen LogP contribution in [-0.2, 0) is 7.05 Å². The lowest BCUT2D eigenvalue weighted by molar-refractivity contribution is 0.743. The zero-order valence-corrected chi connectivity index (χ0v) is 12.2. The summed E-state index contributed by atoms with van der Waals surface area (Å²) < 4.78 is 3.86. The van der Waals surface area contributed by atoms with E-state index in [0.717, 1.165) is 17.0 Å². The van der Waals surface area contributed by atoms with Gasteiger partial charge in [0.1, 0.15) is 10.8 Å². The zero-order chi connectivity index (χ0) is 14.4. The summed E-state index contributed by atoms with van der Waals surface area (Å²) in [5, 5.41) is 4.59. The van der Waals surface area contributed by atoms with Crippen molar-refractivity contribution in [2.24, 2.45) is 7.05 Å².